The minimum atomic E-state index is -1.10. The van der Waals surface area contributed by atoms with Crippen molar-refractivity contribution in [2.45, 2.75) is 26.8 Å². The maximum atomic E-state index is 13.5. The molecule has 0 unspecified atom stereocenters. The highest BCUT2D eigenvalue weighted by Gasteiger charge is 2.28. The van der Waals surface area contributed by atoms with Gasteiger partial charge in [-0.2, -0.15) is 4.98 Å². The molecule has 174 valence electrons. The maximum absolute atomic E-state index is 13.5. The third-order valence-electron chi connectivity index (χ3n) is 6.02. The molecule has 4 aromatic rings. The fraction of sp³-hybridized carbons (Fsp3) is 0.364. The van der Waals surface area contributed by atoms with E-state index in [0.29, 0.717) is 23.0 Å². The average molecular weight is 455 g/mol. The van der Waals surface area contributed by atoms with Gasteiger partial charge < -0.3 is 14.2 Å². The van der Waals surface area contributed by atoms with Crippen LogP contribution in [0.3, 0.4) is 0 Å². The summed E-state index contributed by atoms with van der Waals surface area (Å²) in [7, 11) is 5.85. The predicted octanol–water partition coefficient (Wildman–Crippen LogP) is 1.51. The van der Waals surface area contributed by atoms with Crippen molar-refractivity contribution in [3.63, 3.8) is 0 Å². The van der Waals surface area contributed by atoms with Gasteiger partial charge in [-0.3, -0.25) is 18.3 Å². The monoisotopic (exact) mass is 455 g/mol. The SMILES string of the molecule is COC(=O)[C@@H](C)n1c(=O)c2c(nc3n(-c4cc(OC)ccc4OC)c(C)c(C)n23)n(C)c1=O. The van der Waals surface area contributed by atoms with Crippen LogP contribution in [0.1, 0.15) is 24.4 Å². The number of esters is 1. The molecular weight excluding hydrogens is 430 g/mol. The second-order valence-corrected chi connectivity index (χ2v) is 7.68. The smallest absolute Gasteiger partial charge is 0.333 e. The fourth-order valence-electron chi connectivity index (χ4n) is 4.09. The van der Waals surface area contributed by atoms with Gasteiger partial charge in [0.15, 0.2) is 11.2 Å². The van der Waals surface area contributed by atoms with Gasteiger partial charge in [0.25, 0.3) is 5.56 Å². The topological polar surface area (TPSA) is 111 Å². The molecule has 0 aliphatic rings. The minimum absolute atomic E-state index is 0.184. The molecule has 0 N–H and O–H groups in total. The van der Waals surface area contributed by atoms with E-state index < -0.39 is 23.3 Å². The van der Waals surface area contributed by atoms with Gasteiger partial charge >= 0.3 is 11.7 Å². The summed E-state index contributed by atoms with van der Waals surface area (Å²) in [5.74, 6) is 0.921. The third-order valence-corrected chi connectivity index (χ3v) is 6.02. The fourth-order valence-corrected chi connectivity index (χ4v) is 4.09. The summed E-state index contributed by atoms with van der Waals surface area (Å²) in [4.78, 5) is 43.3. The first-order chi connectivity index (χ1) is 15.7. The lowest BCUT2D eigenvalue weighted by Crippen LogP contribution is -2.43. The predicted molar refractivity (Wildman–Crippen MR) is 121 cm³/mol. The van der Waals surface area contributed by atoms with E-state index in [0.717, 1.165) is 16.0 Å². The van der Waals surface area contributed by atoms with Crippen molar-refractivity contribution in [1.82, 2.24) is 23.1 Å². The Balaban J connectivity index is 2.17. The van der Waals surface area contributed by atoms with Crippen LogP contribution in [0.2, 0.25) is 0 Å². The quantitative estimate of drug-likeness (QED) is 0.420. The van der Waals surface area contributed by atoms with Crippen LogP contribution < -0.4 is 20.7 Å². The Hall–Kier alpha value is -4.02. The molecular formula is C22H25N5O6. The van der Waals surface area contributed by atoms with Gasteiger partial charge in [0.05, 0.1) is 27.0 Å². The highest BCUT2D eigenvalue weighted by molar-refractivity contribution is 5.79. The third kappa shape index (κ3) is 3.03. The number of hydrogen-bond acceptors (Lipinski definition) is 7. The van der Waals surface area contributed by atoms with E-state index in [9.17, 15) is 14.4 Å². The summed E-state index contributed by atoms with van der Waals surface area (Å²) < 4.78 is 21.4. The summed E-state index contributed by atoms with van der Waals surface area (Å²) in [5, 5.41) is 0. The number of aryl methyl sites for hydroxylation is 2. The number of nitrogens with zero attached hydrogens (tertiary/aromatic N) is 5. The van der Waals surface area contributed by atoms with E-state index in [2.05, 4.69) is 4.98 Å². The van der Waals surface area contributed by atoms with Crippen LogP contribution in [0, 0.1) is 13.8 Å². The zero-order valence-corrected chi connectivity index (χ0v) is 19.5. The second-order valence-electron chi connectivity index (χ2n) is 7.68. The average Bonchev–Trinajstić information content (AvgIpc) is 3.31. The van der Waals surface area contributed by atoms with Gasteiger partial charge in [-0.25, -0.2) is 14.2 Å². The molecule has 0 radical (unpaired) electrons. The van der Waals surface area contributed by atoms with Gasteiger partial charge in [-0.05, 0) is 32.9 Å². The largest absolute Gasteiger partial charge is 0.497 e. The summed E-state index contributed by atoms with van der Waals surface area (Å²) in [6.45, 7) is 5.20. The molecule has 3 heterocycles. The van der Waals surface area contributed by atoms with E-state index in [4.69, 9.17) is 14.2 Å². The first kappa shape index (κ1) is 22.2. The first-order valence-corrected chi connectivity index (χ1v) is 10.2. The number of carbonyl (C=O) groups is 1. The highest BCUT2D eigenvalue weighted by atomic mass is 16.5. The Kier molecular flexibility index (Phi) is 5.27. The van der Waals surface area contributed by atoms with Crippen LogP contribution in [0.4, 0.5) is 0 Å². The molecule has 0 fully saturated rings. The van der Waals surface area contributed by atoms with E-state index in [1.165, 1.54) is 25.6 Å². The number of fused-ring (bicyclic) bond motifs is 3. The van der Waals surface area contributed by atoms with Crippen molar-refractivity contribution in [1.29, 1.82) is 0 Å². The number of aromatic nitrogens is 5. The van der Waals surface area contributed by atoms with Crippen LogP contribution in [0.15, 0.2) is 27.8 Å². The van der Waals surface area contributed by atoms with Crippen LogP contribution in [0.25, 0.3) is 22.6 Å². The van der Waals surface area contributed by atoms with E-state index >= 15 is 0 Å². The number of benzene rings is 1. The molecule has 11 heteroatoms. The van der Waals surface area contributed by atoms with Gasteiger partial charge in [0, 0.05) is 24.5 Å². The van der Waals surface area contributed by atoms with Gasteiger partial charge in [-0.1, -0.05) is 0 Å². The number of imidazole rings is 2. The maximum Gasteiger partial charge on any atom is 0.333 e. The van der Waals surface area contributed by atoms with Gasteiger partial charge in [-0.15, -0.1) is 0 Å². The Morgan fingerprint density at radius 2 is 1.76 bits per heavy atom. The highest BCUT2D eigenvalue weighted by Crippen LogP contribution is 2.32. The summed E-state index contributed by atoms with van der Waals surface area (Å²) in [6, 6.07) is 4.27. The molecule has 0 saturated heterocycles. The molecule has 0 amide bonds. The number of methoxy groups -OCH3 is 3. The lowest BCUT2D eigenvalue weighted by Gasteiger charge is -2.14. The molecule has 0 aliphatic heterocycles. The molecule has 11 nitrogen and oxygen atoms in total. The zero-order chi connectivity index (χ0) is 24.2. The van der Waals surface area contributed by atoms with Crippen LogP contribution in [-0.2, 0) is 16.6 Å². The number of carbonyl (C=O) groups excluding carboxylic acids is 1. The molecule has 4 rings (SSSR count). The van der Waals surface area contributed by atoms with Crippen molar-refractivity contribution in [3.05, 3.63) is 50.4 Å². The molecule has 0 aliphatic carbocycles. The molecule has 0 bridgehead atoms. The van der Waals surface area contributed by atoms with Crippen LogP contribution >= 0.6 is 0 Å². The normalized spacial score (nSPS) is 12.3. The molecule has 0 spiro atoms. The Labute approximate surface area is 188 Å². The van der Waals surface area contributed by atoms with E-state index in [1.807, 2.05) is 18.4 Å². The number of ether oxygens (including phenoxy) is 3. The number of rotatable bonds is 5. The lowest BCUT2D eigenvalue weighted by molar-refractivity contribution is -0.144. The van der Waals surface area contributed by atoms with Crippen LogP contribution in [0.5, 0.6) is 11.5 Å². The standard InChI is InChI=1S/C22H25N5O6/c1-11-12(2)26-17-18(24(4)22(30)27(19(17)28)13(3)20(29)33-7)23-21(26)25(11)15-10-14(31-5)8-9-16(15)32-6/h8-10,13H,1-7H3/t13-/m1/s1. The Morgan fingerprint density at radius 3 is 2.36 bits per heavy atom. The zero-order valence-electron chi connectivity index (χ0n) is 19.5. The summed E-state index contributed by atoms with van der Waals surface area (Å²) in [5.41, 5.74) is 1.31. The van der Waals surface area contributed by atoms with Crippen molar-refractivity contribution in [3.8, 4) is 17.2 Å². The van der Waals surface area contributed by atoms with Gasteiger partial charge in [0.2, 0.25) is 5.78 Å². The van der Waals surface area contributed by atoms with Crippen molar-refractivity contribution < 1.29 is 19.0 Å². The van der Waals surface area contributed by atoms with Crippen molar-refractivity contribution in [2.24, 2.45) is 7.05 Å². The van der Waals surface area contributed by atoms with Crippen molar-refractivity contribution in [2.75, 3.05) is 21.3 Å². The molecule has 1 atom stereocenters. The molecule has 33 heavy (non-hydrogen) atoms. The molecule has 1 aromatic carbocycles. The summed E-state index contributed by atoms with van der Waals surface area (Å²) >= 11 is 0. The second kappa shape index (κ2) is 7.84. The van der Waals surface area contributed by atoms with Crippen molar-refractivity contribution >= 4 is 22.9 Å². The van der Waals surface area contributed by atoms with E-state index in [-0.39, 0.29) is 11.2 Å². The first-order valence-electron chi connectivity index (χ1n) is 10.2. The molecule has 0 saturated carbocycles. The summed E-state index contributed by atoms with van der Waals surface area (Å²) in [6.07, 6.45) is 0. The minimum Gasteiger partial charge on any atom is -0.497 e. The number of hydrogen-bond donors (Lipinski definition) is 0. The van der Waals surface area contributed by atoms with E-state index in [1.54, 1.807) is 36.8 Å². The Bertz CT molecular complexity index is 1540. The lowest BCUT2D eigenvalue weighted by atomic mass is 10.2. The molecule has 3 aromatic heterocycles. The van der Waals surface area contributed by atoms with Gasteiger partial charge in [0.1, 0.15) is 17.5 Å². The van der Waals surface area contributed by atoms with Crippen LogP contribution in [-0.4, -0.2) is 50.4 Å². The Morgan fingerprint density at radius 1 is 1.06 bits per heavy atom.